The highest BCUT2D eigenvalue weighted by Crippen LogP contribution is 2.25. The van der Waals surface area contributed by atoms with Crippen molar-refractivity contribution in [2.45, 2.75) is 0 Å². The summed E-state index contributed by atoms with van der Waals surface area (Å²) in [5, 5.41) is 0. The minimum atomic E-state index is -4.64. The lowest BCUT2D eigenvalue weighted by Gasteiger charge is -1.82. The van der Waals surface area contributed by atoms with Gasteiger partial charge in [-0.15, -0.1) is 0 Å². The third-order valence-electron chi connectivity index (χ3n) is 0. The molecular formula is H5AlFO4P. The van der Waals surface area contributed by atoms with E-state index in [0.29, 0.717) is 0 Å². The molecule has 0 fully saturated rings. The second-order valence-corrected chi connectivity index (χ2v) is 1.54. The van der Waals surface area contributed by atoms with Gasteiger partial charge < -0.3 is 18.2 Å². The second-order valence-electron chi connectivity index (χ2n) is 0.513. The topological polar surface area (TPSA) is 77.8 Å². The van der Waals surface area contributed by atoms with Gasteiger partial charge in [-0.3, -0.25) is 0 Å². The summed E-state index contributed by atoms with van der Waals surface area (Å²) < 4.78 is 18.5. The Morgan fingerprint density at radius 1 is 1.29 bits per heavy atom. The molecule has 0 spiro atoms. The van der Waals surface area contributed by atoms with E-state index in [1.165, 1.54) is 0 Å². The van der Waals surface area contributed by atoms with Crippen molar-refractivity contribution in [1.82, 2.24) is 0 Å². The molecule has 0 saturated carbocycles. The van der Waals surface area contributed by atoms with Crippen molar-refractivity contribution in [3.63, 3.8) is 0 Å². The van der Waals surface area contributed by atoms with Gasteiger partial charge >= 0.3 is 24.6 Å². The average Bonchev–Trinajstić information content (AvgIpc) is 1.36. The smallest absolute Gasteiger partial charge is 0.430 e. The summed E-state index contributed by atoms with van der Waals surface area (Å²) in [7, 11) is -4.64. The van der Waals surface area contributed by atoms with Crippen molar-refractivity contribution in [2.75, 3.05) is 0 Å². The van der Waals surface area contributed by atoms with Crippen LogP contribution in [0.15, 0.2) is 0 Å². The summed E-state index contributed by atoms with van der Waals surface area (Å²) in [6, 6.07) is 0. The molecule has 0 unspecified atom stereocenters. The van der Waals surface area contributed by atoms with Gasteiger partial charge in [0.25, 0.3) is 0 Å². The lowest BCUT2D eigenvalue weighted by molar-refractivity contribution is 0.275. The van der Waals surface area contributed by atoms with Crippen LogP contribution in [0.5, 0.6) is 0 Å². The zero-order valence-corrected chi connectivity index (χ0v) is 6.47. The van der Waals surface area contributed by atoms with Gasteiger partial charge in [0, 0.05) is 0 Å². The minimum Gasteiger partial charge on any atom is -0.430 e. The van der Waals surface area contributed by atoms with Crippen LogP contribution in [-0.2, 0) is 4.57 Å². The van der Waals surface area contributed by atoms with E-state index in [2.05, 4.69) is 0 Å². The van der Waals surface area contributed by atoms with E-state index in [9.17, 15) is 3.52 Å². The SMILES string of the molecule is O=P(O)(O)O.[F][AlH2]. The van der Waals surface area contributed by atoms with Crippen LogP contribution in [-0.4, -0.2) is 31.4 Å². The van der Waals surface area contributed by atoms with Gasteiger partial charge in [0.05, 0.1) is 0 Å². The van der Waals surface area contributed by atoms with E-state index in [1.807, 2.05) is 0 Å². The van der Waals surface area contributed by atoms with E-state index in [0.717, 1.165) is 0 Å². The Morgan fingerprint density at radius 3 is 1.29 bits per heavy atom. The van der Waals surface area contributed by atoms with Gasteiger partial charge in [0.2, 0.25) is 0 Å². The Morgan fingerprint density at radius 2 is 1.29 bits per heavy atom. The molecule has 44 valence electrons. The zero-order valence-electron chi connectivity index (χ0n) is 3.58. The lowest BCUT2D eigenvalue weighted by atomic mass is 15.8. The van der Waals surface area contributed by atoms with Crippen LogP contribution in [0.25, 0.3) is 0 Å². The van der Waals surface area contributed by atoms with Gasteiger partial charge in [-0.05, 0) is 0 Å². The van der Waals surface area contributed by atoms with E-state index >= 15 is 0 Å². The van der Waals surface area contributed by atoms with Crippen molar-refractivity contribution < 1.29 is 22.8 Å². The summed E-state index contributed by atoms with van der Waals surface area (Å²) in [6.45, 7) is 0. The van der Waals surface area contributed by atoms with Gasteiger partial charge in [-0.1, -0.05) is 0 Å². The van der Waals surface area contributed by atoms with Crippen molar-refractivity contribution in [3.05, 3.63) is 0 Å². The monoisotopic (exact) mass is 146 g/mol. The van der Waals surface area contributed by atoms with E-state index < -0.39 is 7.82 Å². The molecule has 0 rings (SSSR count). The Kier molecular flexibility index (Phi) is 7.11. The number of halogens is 1. The summed E-state index contributed by atoms with van der Waals surface area (Å²) in [5.74, 6) is 0. The number of phosphoric acid groups is 1. The standard InChI is InChI=1S/Al.FH.H3O4P.2H/c;;1-5(2,3)4;;/h;1H;(H3,1,2,3,4);;/q+1;;;;/p-1. The molecule has 0 amide bonds. The Hall–Kier alpha value is 0.572. The molecule has 7 heavy (non-hydrogen) atoms. The molecule has 0 atom stereocenters. The van der Waals surface area contributed by atoms with Crippen LogP contribution in [0.4, 0.5) is 3.52 Å². The fourth-order valence-corrected chi connectivity index (χ4v) is 0. The molecule has 0 bridgehead atoms. The molecule has 0 saturated heterocycles. The lowest BCUT2D eigenvalue weighted by Crippen LogP contribution is -1.66. The van der Waals surface area contributed by atoms with Gasteiger partial charge in [-0.2, -0.15) is 0 Å². The van der Waals surface area contributed by atoms with Crippen molar-refractivity contribution >= 4 is 24.6 Å². The quantitative estimate of drug-likeness (QED) is 0.289. The van der Waals surface area contributed by atoms with Crippen LogP contribution in [0.1, 0.15) is 0 Å². The molecule has 4 nitrogen and oxygen atoms in total. The first kappa shape index (κ1) is 10.5. The fraction of sp³-hybridized carbons (Fsp3) is 0. The summed E-state index contributed by atoms with van der Waals surface area (Å²) in [5.41, 5.74) is 0. The molecular weight excluding hydrogens is 141 g/mol. The highest BCUT2D eigenvalue weighted by atomic mass is 31.2. The van der Waals surface area contributed by atoms with E-state index in [4.69, 9.17) is 19.2 Å². The van der Waals surface area contributed by atoms with E-state index in [-0.39, 0.29) is 16.7 Å². The summed E-state index contributed by atoms with van der Waals surface area (Å²) in [4.78, 5) is 21.6. The van der Waals surface area contributed by atoms with Crippen LogP contribution < -0.4 is 0 Å². The predicted octanol–water partition coefficient (Wildman–Crippen LogP) is -1.42. The van der Waals surface area contributed by atoms with Crippen LogP contribution in [0, 0.1) is 0 Å². The molecule has 7 heteroatoms. The normalized spacial score (nSPS) is 9.14. The first-order chi connectivity index (χ1) is 3.00. The van der Waals surface area contributed by atoms with Gasteiger partial charge in [-0.25, -0.2) is 4.57 Å². The van der Waals surface area contributed by atoms with Crippen LogP contribution in [0.3, 0.4) is 0 Å². The Labute approximate surface area is 48.1 Å². The largest absolute Gasteiger partial charge is 0.472 e. The maximum absolute atomic E-state index is 9.64. The first-order valence-corrected chi connectivity index (χ1v) is 3.48. The molecule has 0 aliphatic rings. The molecule has 0 aliphatic carbocycles. The van der Waals surface area contributed by atoms with Crippen molar-refractivity contribution in [3.8, 4) is 0 Å². The van der Waals surface area contributed by atoms with Crippen LogP contribution in [0.2, 0.25) is 0 Å². The highest BCUT2D eigenvalue weighted by molar-refractivity contribution is 7.45. The number of hydrogen-bond donors (Lipinski definition) is 3. The summed E-state index contributed by atoms with van der Waals surface area (Å²) >= 11 is -0.194. The van der Waals surface area contributed by atoms with E-state index in [1.54, 1.807) is 0 Å². The zero-order chi connectivity index (χ0) is 6.50. The maximum atomic E-state index is 9.64. The third kappa shape index (κ3) is 419. The number of hydrogen-bond acceptors (Lipinski definition) is 1. The molecule has 0 aromatic heterocycles. The molecule has 0 aromatic carbocycles. The highest BCUT2D eigenvalue weighted by Gasteiger charge is 2.00. The molecule has 3 N–H and O–H groups in total. The summed E-state index contributed by atoms with van der Waals surface area (Å²) in [6.07, 6.45) is 0. The van der Waals surface area contributed by atoms with Crippen molar-refractivity contribution in [1.29, 1.82) is 0 Å². The van der Waals surface area contributed by atoms with Gasteiger partial charge in [0.1, 0.15) is 0 Å². The Balaban J connectivity index is 0. The Bertz CT molecular complexity index is 57.8. The third-order valence-corrected chi connectivity index (χ3v) is 0. The van der Waals surface area contributed by atoms with Gasteiger partial charge in [0.15, 0.2) is 0 Å². The first-order valence-electron chi connectivity index (χ1n) is 1.16. The van der Waals surface area contributed by atoms with Crippen LogP contribution >= 0.6 is 7.82 Å². The molecule has 0 aromatic rings. The second kappa shape index (κ2) is 4.72. The molecule has 0 radical (unpaired) electrons. The maximum Gasteiger partial charge on any atom is 0.472 e. The molecule has 0 aliphatic heterocycles. The average molecular weight is 146 g/mol. The molecule has 0 heterocycles. The van der Waals surface area contributed by atoms with Crippen molar-refractivity contribution in [2.24, 2.45) is 0 Å². The number of rotatable bonds is 0. The fourth-order valence-electron chi connectivity index (χ4n) is 0. The minimum absolute atomic E-state index is 0.194. The predicted molar refractivity (Wildman–Crippen MR) is 23.9 cm³/mol.